The molecular weight excluding hydrogens is 194 g/mol. The van der Waals surface area contributed by atoms with Crippen LogP contribution in [0.1, 0.15) is 12.5 Å². The fourth-order valence-electron chi connectivity index (χ4n) is 1.65. The summed E-state index contributed by atoms with van der Waals surface area (Å²) >= 11 is 0. The molecule has 1 nitrogen and oxygen atoms in total. The van der Waals surface area contributed by atoms with Crippen molar-refractivity contribution in [3.63, 3.8) is 0 Å². The molecule has 2 aromatic carbocycles. The van der Waals surface area contributed by atoms with Crippen LogP contribution in [0.3, 0.4) is 0 Å². The van der Waals surface area contributed by atoms with Crippen LogP contribution in [0.25, 0.3) is 0 Å². The molecule has 0 bridgehead atoms. The molecule has 0 heterocycles. The summed E-state index contributed by atoms with van der Waals surface area (Å²) in [5, 5.41) is 0. The number of nitrogens with zero attached hydrogens (tertiary/aromatic N) is 1. The van der Waals surface area contributed by atoms with E-state index in [0.29, 0.717) is 0 Å². The second-order valence-corrected chi connectivity index (χ2v) is 3.85. The fourth-order valence-corrected chi connectivity index (χ4v) is 1.65. The highest BCUT2D eigenvalue weighted by atomic mass is 14.7. The molecule has 0 aliphatic rings. The molecular formula is C15H15N. The van der Waals surface area contributed by atoms with Gasteiger partial charge in [0.2, 0.25) is 0 Å². The van der Waals surface area contributed by atoms with E-state index in [-0.39, 0.29) is 0 Å². The molecule has 0 amide bonds. The van der Waals surface area contributed by atoms with E-state index in [1.54, 1.807) is 0 Å². The Bertz CT molecular complexity index is 457. The maximum absolute atomic E-state index is 4.57. The van der Waals surface area contributed by atoms with Crippen molar-refractivity contribution in [2.24, 2.45) is 4.99 Å². The number of aliphatic imine (C=N–C) groups is 1. The van der Waals surface area contributed by atoms with Crippen LogP contribution in [0.4, 0.5) is 5.69 Å². The van der Waals surface area contributed by atoms with E-state index in [2.05, 4.69) is 36.2 Å². The third-order valence-electron chi connectivity index (χ3n) is 2.38. The van der Waals surface area contributed by atoms with Crippen LogP contribution in [-0.2, 0) is 6.42 Å². The number of hydrogen-bond donors (Lipinski definition) is 0. The summed E-state index contributed by atoms with van der Waals surface area (Å²) in [6, 6.07) is 20.5. The summed E-state index contributed by atoms with van der Waals surface area (Å²) in [7, 11) is 0. The van der Waals surface area contributed by atoms with E-state index in [1.807, 2.05) is 36.4 Å². The van der Waals surface area contributed by atoms with E-state index in [4.69, 9.17) is 0 Å². The van der Waals surface area contributed by atoms with Crippen molar-refractivity contribution in [1.82, 2.24) is 0 Å². The molecule has 0 spiro atoms. The molecule has 0 N–H and O–H groups in total. The minimum absolute atomic E-state index is 0.912. The van der Waals surface area contributed by atoms with Crippen LogP contribution in [0, 0.1) is 0 Å². The Morgan fingerprint density at radius 1 is 0.875 bits per heavy atom. The van der Waals surface area contributed by atoms with Crippen LogP contribution in [0.2, 0.25) is 0 Å². The lowest BCUT2D eigenvalue weighted by molar-refractivity contribution is 1.29. The van der Waals surface area contributed by atoms with Gasteiger partial charge in [0.1, 0.15) is 0 Å². The maximum Gasteiger partial charge on any atom is 0.0629 e. The molecule has 0 saturated carbocycles. The van der Waals surface area contributed by atoms with Gasteiger partial charge in [0, 0.05) is 12.1 Å². The Kier molecular flexibility index (Phi) is 3.50. The molecule has 0 aliphatic heterocycles. The first kappa shape index (κ1) is 10.6. The average molecular weight is 209 g/mol. The van der Waals surface area contributed by atoms with Gasteiger partial charge in [0.05, 0.1) is 5.69 Å². The van der Waals surface area contributed by atoms with Crippen molar-refractivity contribution in [1.29, 1.82) is 0 Å². The van der Waals surface area contributed by atoms with Crippen molar-refractivity contribution in [3.8, 4) is 0 Å². The summed E-state index contributed by atoms with van der Waals surface area (Å²) in [6.45, 7) is 2.07. The minimum atomic E-state index is 0.912. The van der Waals surface area contributed by atoms with Crippen LogP contribution in [-0.4, -0.2) is 5.71 Å². The topological polar surface area (TPSA) is 12.4 Å². The Morgan fingerprint density at radius 2 is 1.44 bits per heavy atom. The predicted octanol–water partition coefficient (Wildman–Crippen LogP) is 4.02. The third kappa shape index (κ3) is 3.06. The Hall–Kier alpha value is -1.89. The van der Waals surface area contributed by atoms with Gasteiger partial charge in [-0.25, -0.2) is 0 Å². The molecule has 1 heteroatoms. The van der Waals surface area contributed by atoms with E-state index >= 15 is 0 Å². The van der Waals surface area contributed by atoms with Gasteiger partial charge in [-0.15, -0.1) is 0 Å². The van der Waals surface area contributed by atoms with Gasteiger partial charge in [-0.2, -0.15) is 0 Å². The highest BCUT2D eigenvalue weighted by molar-refractivity contribution is 5.86. The van der Waals surface area contributed by atoms with Crippen molar-refractivity contribution < 1.29 is 0 Å². The summed E-state index contributed by atoms with van der Waals surface area (Å²) in [6.07, 6.45) is 0.912. The lowest BCUT2D eigenvalue weighted by Gasteiger charge is -2.01. The van der Waals surface area contributed by atoms with E-state index in [0.717, 1.165) is 17.8 Å². The number of hydrogen-bond acceptors (Lipinski definition) is 1. The zero-order valence-corrected chi connectivity index (χ0v) is 9.43. The zero-order chi connectivity index (χ0) is 11.2. The van der Waals surface area contributed by atoms with Gasteiger partial charge < -0.3 is 0 Å². The monoisotopic (exact) mass is 209 g/mol. The molecule has 2 aromatic rings. The van der Waals surface area contributed by atoms with Gasteiger partial charge in [0.25, 0.3) is 0 Å². The number of para-hydroxylation sites is 1. The Morgan fingerprint density at radius 3 is 2.06 bits per heavy atom. The first-order chi connectivity index (χ1) is 7.84. The molecule has 0 radical (unpaired) electrons. The maximum atomic E-state index is 4.57. The molecule has 0 atom stereocenters. The van der Waals surface area contributed by atoms with E-state index < -0.39 is 0 Å². The fraction of sp³-hybridized carbons (Fsp3) is 0.133. The zero-order valence-electron chi connectivity index (χ0n) is 9.43. The van der Waals surface area contributed by atoms with Crippen molar-refractivity contribution in [2.75, 3.05) is 0 Å². The second kappa shape index (κ2) is 5.26. The molecule has 0 unspecified atom stereocenters. The smallest absolute Gasteiger partial charge is 0.0629 e. The van der Waals surface area contributed by atoms with Gasteiger partial charge in [0.15, 0.2) is 0 Å². The summed E-state index contributed by atoms with van der Waals surface area (Å²) in [5.74, 6) is 0. The molecule has 0 fully saturated rings. The highest BCUT2D eigenvalue weighted by Gasteiger charge is 1.95. The van der Waals surface area contributed by atoms with Crippen molar-refractivity contribution in [3.05, 3.63) is 66.2 Å². The average Bonchev–Trinajstić information content (AvgIpc) is 2.31. The first-order valence-corrected chi connectivity index (χ1v) is 5.48. The summed E-state index contributed by atoms with van der Waals surface area (Å²) in [5.41, 5.74) is 3.47. The molecule has 0 saturated heterocycles. The van der Waals surface area contributed by atoms with Crippen LogP contribution >= 0.6 is 0 Å². The van der Waals surface area contributed by atoms with E-state index in [9.17, 15) is 0 Å². The molecule has 2 rings (SSSR count). The predicted molar refractivity (Wildman–Crippen MR) is 69.4 cm³/mol. The molecule has 0 aliphatic carbocycles. The van der Waals surface area contributed by atoms with Gasteiger partial charge in [-0.3, -0.25) is 4.99 Å². The molecule has 0 aromatic heterocycles. The number of benzene rings is 2. The van der Waals surface area contributed by atoms with Crippen molar-refractivity contribution in [2.45, 2.75) is 13.3 Å². The first-order valence-electron chi connectivity index (χ1n) is 5.48. The number of rotatable bonds is 3. The van der Waals surface area contributed by atoms with Gasteiger partial charge in [-0.05, 0) is 24.6 Å². The summed E-state index contributed by atoms with van der Waals surface area (Å²) in [4.78, 5) is 4.57. The molecule has 16 heavy (non-hydrogen) atoms. The van der Waals surface area contributed by atoms with Crippen LogP contribution in [0.15, 0.2) is 65.7 Å². The SMILES string of the molecule is C/C(Cc1ccccc1)=N\c1ccccc1. The largest absolute Gasteiger partial charge is 0.258 e. The van der Waals surface area contributed by atoms with Crippen LogP contribution < -0.4 is 0 Å². The Labute approximate surface area is 96.5 Å². The van der Waals surface area contributed by atoms with Crippen LogP contribution in [0.5, 0.6) is 0 Å². The lowest BCUT2D eigenvalue weighted by atomic mass is 10.1. The highest BCUT2D eigenvalue weighted by Crippen LogP contribution is 2.11. The molecule has 80 valence electrons. The lowest BCUT2D eigenvalue weighted by Crippen LogP contribution is -1.96. The standard InChI is InChI=1S/C15H15N/c1-13(12-14-8-4-2-5-9-14)16-15-10-6-3-7-11-15/h2-11H,12H2,1H3/b16-13+. The second-order valence-electron chi connectivity index (χ2n) is 3.85. The van der Waals surface area contributed by atoms with Crippen molar-refractivity contribution >= 4 is 11.4 Å². The van der Waals surface area contributed by atoms with Gasteiger partial charge in [-0.1, -0.05) is 48.5 Å². The minimum Gasteiger partial charge on any atom is -0.258 e. The normalized spacial score (nSPS) is 11.4. The summed E-state index contributed by atoms with van der Waals surface area (Å²) < 4.78 is 0. The van der Waals surface area contributed by atoms with E-state index in [1.165, 1.54) is 5.56 Å². The van der Waals surface area contributed by atoms with Gasteiger partial charge >= 0.3 is 0 Å². The third-order valence-corrected chi connectivity index (χ3v) is 2.38. The Balaban J connectivity index is 2.09. The quantitative estimate of drug-likeness (QED) is 0.677.